The van der Waals surface area contributed by atoms with Crippen molar-refractivity contribution in [3.8, 4) is 0 Å². The summed E-state index contributed by atoms with van der Waals surface area (Å²) in [7, 11) is 1.64. The molecule has 2 aromatic rings. The maximum absolute atomic E-state index is 11.4. The minimum absolute atomic E-state index is 0.0599. The number of ether oxygens (including phenoxy) is 1. The van der Waals surface area contributed by atoms with E-state index in [9.17, 15) is 10.1 Å². The molecule has 0 aliphatic rings. The molecule has 114 valence electrons. The van der Waals surface area contributed by atoms with Crippen molar-refractivity contribution in [2.24, 2.45) is 0 Å². The lowest BCUT2D eigenvalue weighted by Crippen LogP contribution is -2.35. The number of rotatable bonds is 8. The van der Waals surface area contributed by atoms with Gasteiger partial charge in [0.15, 0.2) is 5.52 Å². The van der Waals surface area contributed by atoms with Gasteiger partial charge in [-0.1, -0.05) is 13.0 Å². The molecule has 1 aromatic heterocycles. The Labute approximate surface area is 127 Å². The first-order valence-corrected chi connectivity index (χ1v) is 7.77. The van der Waals surface area contributed by atoms with Crippen molar-refractivity contribution in [3.05, 3.63) is 33.3 Å². The Morgan fingerprint density at radius 2 is 2.33 bits per heavy atom. The highest BCUT2D eigenvalue weighted by molar-refractivity contribution is 7.16. The minimum Gasteiger partial charge on any atom is -0.383 e. The van der Waals surface area contributed by atoms with Gasteiger partial charge in [0.1, 0.15) is 0 Å². The summed E-state index contributed by atoms with van der Waals surface area (Å²) < 4.78 is 6.04. The zero-order valence-corrected chi connectivity index (χ0v) is 13.0. The van der Waals surface area contributed by atoms with Crippen LogP contribution in [-0.2, 0) is 11.2 Å². The van der Waals surface area contributed by atoms with E-state index in [2.05, 4.69) is 17.2 Å². The fraction of sp³-hybridized carbons (Fsp3) is 0.500. The molecule has 1 N–H and O–H groups in total. The first kappa shape index (κ1) is 15.8. The van der Waals surface area contributed by atoms with Crippen LogP contribution in [0.25, 0.3) is 10.2 Å². The molecule has 0 aliphatic heterocycles. The summed E-state index contributed by atoms with van der Waals surface area (Å²) in [5.41, 5.74) is 2.94. The summed E-state index contributed by atoms with van der Waals surface area (Å²) in [5.74, 6) is 0. The number of hydrogen-bond donors (Lipinski definition) is 1. The smallest absolute Gasteiger partial charge is 0.299 e. The number of benzene rings is 1. The molecule has 1 unspecified atom stereocenters. The van der Waals surface area contributed by atoms with Crippen LogP contribution in [0, 0.1) is 10.1 Å². The normalized spacial score (nSPS) is 12.7. The first-order chi connectivity index (χ1) is 10.2. The second kappa shape index (κ2) is 7.44. The molecule has 1 aromatic carbocycles. The second-order valence-corrected chi connectivity index (χ2v) is 5.73. The standard InChI is InChI=1S/C14H19N3O3S/c1-3-6-15-11(8-20-2)7-10-4-5-12-13(16-9-21-12)14(10)17(18)19/h4-5,9,11,15H,3,6-8H2,1-2H3. The Hall–Kier alpha value is -1.57. The van der Waals surface area contributed by atoms with Crippen LogP contribution in [0.3, 0.4) is 0 Å². The lowest BCUT2D eigenvalue weighted by Gasteiger charge is -2.17. The SMILES string of the molecule is CCCNC(COC)Cc1ccc2scnc2c1[N+](=O)[O-]. The van der Waals surface area contributed by atoms with E-state index in [0.717, 1.165) is 17.7 Å². The molecule has 0 amide bonds. The highest BCUT2D eigenvalue weighted by Gasteiger charge is 2.22. The summed E-state index contributed by atoms with van der Waals surface area (Å²) in [6.45, 7) is 3.47. The summed E-state index contributed by atoms with van der Waals surface area (Å²) in [5, 5.41) is 14.8. The van der Waals surface area contributed by atoms with Gasteiger partial charge in [0.2, 0.25) is 0 Å². The van der Waals surface area contributed by atoms with Gasteiger partial charge in [-0.3, -0.25) is 10.1 Å². The molecule has 6 nitrogen and oxygen atoms in total. The number of nitrogens with zero attached hydrogens (tertiary/aromatic N) is 2. The third-order valence-electron chi connectivity index (χ3n) is 3.26. The summed E-state index contributed by atoms with van der Waals surface area (Å²) in [6, 6.07) is 3.79. The number of fused-ring (bicyclic) bond motifs is 1. The highest BCUT2D eigenvalue weighted by Crippen LogP contribution is 2.31. The number of methoxy groups -OCH3 is 1. The van der Waals surface area contributed by atoms with Crippen LogP contribution in [0.2, 0.25) is 0 Å². The van der Waals surface area contributed by atoms with Crippen molar-refractivity contribution in [2.45, 2.75) is 25.8 Å². The molecule has 0 saturated carbocycles. The Kier molecular flexibility index (Phi) is 5.60. The van der Waals surface area contributed by atoms with E-state index < -0.39 is 0 Å². The molecule has 7 heteroatoms. The Morgan fingerprint density at radius 3 is 3.00 bits per heavy atom. The average molecular weight is 309 g/mol. The van der Waals surface area contributed by atoms with Crippen LogP contribution in [-0.4, -0.2) is 36.2 Å². The van der Waals surface area contributed by atoms with Crippen molar-refractivity contribution in [1.29, 1.82) is 0 Å². The summed E-state index contributed by atoms with van der Waals surface area (Å²) >= 11 is 1.41. The number of thiazole rings is 1. The fourth-order valence-corrected chi connectivity index (χ4v) is 3.01. The lowest BCUT2D eigenvalue weighted by atomic mass is 10.0. The predicted octanol–water partition coefficient (Wildman–Crippen LogP) is 2.76. The molecule has 0 spiro atoms. The maximum Gasteiger partial charge on any atom is 0.299 e. The minimum atomic E-state index is -0.332. The van der Waals surface area contributed by atoms with Crippen LogP contribution in [0.4, 0.5) is 5.69 Å². The molecule has 0 aliphatic carbocycles. The second-order valence-electron chi connectivity index (χ2n) is 4.84. The average Bonchev–Trinajstić information content (AvgIpc) is 2.92. The van der Waals surface area contributed by atoms with E-state index in [-0.39, 0.29) is 16.7 Å². The first-order valence-electron chi connectivity index (χ1n) is 6.89. The van der Waals surface area contributed by atoms with Gasteiger partial charge < -0.3 is 10.1 Å². The Balaban J connectivity index is 2.31. The monoisotopic (exact) mass is 309 g/mol. The van der Waals surface area contributed by atoms with Crippen LogP contribution in [0.15, 0.2) is 17.6 Å². The molecule has 0 fully saturated rings. The molecule has 21 heavy (non-hydrogen) atoms. The zero-order valence-electron chi connectivity index (χ0n) is 12.2. The van der Waals surface area contributed by atoms with Crippen LogP contribution >= 0.6 is 11.3 Å². The molecular formula is C14H19N3O3S. The van der Waals surface area contributed by atoms with Crippen LogP contribution < -0.4 is 5.32 Å². The summed E-state index contributed by atoms with van der Waals surface area (Å²) in [6.07, 6.45) is 1.56. The van der Waals surface area contributed by atoms with Crippen molar-refractivity contribution >= 4 is 27.2 Å². The van der Waals surface area contributed by atoms with Crippen LogP contribution in [0.5, 0.6) is 0 Å². The quantitative estimate of drug-likeness (QED) is 0.599. The molecule has 0 radical (unpaired) electrons. The molecule has 0 saturated heterocycles. The lowest BCUT2D eigenvalue weighted by molar-refractivity contribution is -0.383. The highest BCUT2D eigenvalue weighted by atomic mass is 32.1. The van der Waals surface area contributed by atoms with E-state index >= 15 is 0 Å². The topological polar surface area (TPSA) is 77.3 Å². The van der Waals surface area contributed by atoms with Crippen molar-refractivity contribution < 1.29 is 9.66 Å². The zero-order chi connectivity index (χ0) is 15.2. The van der Waals surface area contributed by atoms with Gasteiger partial charge in [0.25, 0.3) is 5.69 Å². The van der Waals surface area contributed by atoms with E-state index in [1.54, 1.807) is 12.6 Å². The van der Waals surface area contributed by atoms with Crippen molar-refractivity contribution in [1.82, 2.24) is 10.3 Å². The third-order valence-corrected chi connectivity index (χ3v) is 4.05. The van der Waals surface area contributed by atoms with Gasteiger partial charge in [-0.15, -0.1) is 11.3 Å². The molecule has 2 rings (SSSR count). The van der Waals surface area contributed by atoms with Crippen molar-refractivity contribution in [2.75, 3.05) is 20.3 Å². The van der Waals surface area contributed by atoms with E-state index in [1.165, 1.54) is 11.3 Å². The summed E-state index contributed by atoms with van der Waals surface area (Å²) in [4.78, 5) is 15.2. The van der Waals surface area contributed by atoms with E-state index in [4.69, 9.17) is 4.74 Å². The Morgan fingerprint density at radius 1 is 1.52 bits per heavy atom. The molecule has 0 bridgehead atoms. The van der Waals surface area contributed by atoms with Crippen molar-refractivity contribution in [3.63, 3.8) is 0 Å². The predicted molar refractivity (Wildman–Crippen MR) is 83.9 cm³/mol. The largest absolute Gasteiger partial charge is 0.383 e. The maximum atomic E-state index is 11.4. The number of nitro benzene ring substituents is 1. The van der Waals surface area contributed by atoms with E-state index in [0.29, 0.717) is 24.1 Å². The van der Waals surface area contributed by atoms with Crippen LogP contribution in [0.1, 0.15) is 18.9 Å². The number of nitro groups is 1. The molecule has 1 heterocycles. The molecule has 1 atom stereocenters. The fourth-order valence-electron chi connectivity index (χ4n) is 2.33. The number of hydrogen-bond acceptors (Lipinski definition) is 6. The Bertz CT molecular complexity index is 615. The van der Waals surface area contributed by atoms with Gasteiger partial charge in [0, 0.05) is 18.7 Å². The number of nitrogens with one attached hydrogen (secondary N) is 1. The van der Waals surface area contributed by atoms with E-state index in [1.807, 2.05) is 12.1 Å². The third kappa shape index (κ3) is 3.75. The van der Waals surface area contributed by atoms with Gasteiger partial charge in [0.05, 0.1) is 21.7 Å². The van der Waals surface area contributed by atoms with Gasteiger partial charge >= 0.3 is 0 Å². The number of aromatic nitrogens is 1. The van der Waals surface area contributed by atoms with Gasteiger partial charge in [-0.05, 0) is 25.5 Å². The van der Waals surface area contributed by atoms with Gasteiger partial charge in [-0.2, -0.15) is 0 Å². The molecular weight excluding hydrogens is 290 g/mol. The van der Waals surface area contributed by atoms with Gasteiger partial charge in [-0.25, -0.2) is 4.98 Å².